The van der Waals surface area contributed by atoms with Crippen molar-refractivity contribution in [2.45, 2.75) is 55.2 Å². The average Bonchev–Trinajstić information content (AvgIpc) is 3.56. The van der Waals surface area contributed by atoms with Crippen LogP contribution in [0.15, 0.2) is 30.7 Å². The number of Topliss-reactive ketones (excluding diaryl/α,β-unsaturated/α-hetero) is 2. The Labute approximate surface area is 200 Å². The first kappa shape index (κ1) is 22.6. The topological polar surface area (TPSA) is 101 Å². The first-order valence-corrected chi connectivity index (χ1v) is 12.5. The lowest BCUT2D eigenvalue weighted by Crippen LogP contribution is -2.61. The molecule has 1 aliphatic carbocycles. The van der Waals surface area contributed by atoms with E-state index in [-0.39, 0.29) is 42.1 Å². The maximum Gasteiger partial charge on any atom is 0.261 e. The van der Waals surface area contributed by atoms with Gasteiger partial charge in [0.2, 0.25) is 0 Å². The summed E-state index contributed by atoms with van der Waals surface area (Å²) >= 11 is 7.83. The number of nitrogens with one attached hydrogen (secondary N) is 1. The van der Waals surface area contributed by atoms with Crippen molar-refractivity contribution in [1.82, 2.24) is 20.2 Å². The van der Waals surface area contributed by atoms with Crippen molar-refractivity contribution in [3.05, 3.63) is 35.6 Å². The number of hydrogen-bond donors (Lipinski definition) is 1. The van der Waals surface area contributed by atoms with Gasteiger partial charge in [0, 0.05) is 12.7 Å². The van der Waals surface area contributed by atoms with Crippen LogP contribution in [0.4, 0.5) is 0 Å². The van der Waals surface area contributed by atoms with Gasteiger partial charge in [-0.1, -0.05) is 19.3 Å². The first-order chi connectivity index (χ1) is 16.0. The average molecular weight is 489 g/mol. The summed E-state index contributed by atoms with van der Waals surface area (Å²) < 4.78 is 5.63. The summed E-state index contributed by atoms with van der Waals surface area (Å²) in [6, 6.07) is 4.88. The van der Waals surface area contributed by atoms with Crippen molar-refractivity contribution in [3.8, 4) is 10.6 Å². The predicted molar refractivity (Wildman–Crippen MR) is 123 cm³/mol. The molecule has 3 fully saturated rings. The van der Waals surface area contributed by atoms with Crippen LogP contribution < -0.4 is 5.32 Å². The molecule has 0 bridgehead atoms. The van der Waals surface area contributed by atoms with E-state index in [2.05, 4.69) is 15.3 Å². The Morgan fingerprint density at radius 3 is 2.82 bits per heavy atom. The summed E-state index contributed by atoms with van der Waals surface area (Å²) in [6.45, 7) is 0.397. The molecule has 4 heterocycles. The van der Waals surface area contributed by atoms with E-state index in [1.807, 2.05) is 11.0 Å². The van der Waals surface area contributed by atoms with E-state index < -0.39 is 11.6 Å². The molecule has 2 aliphatic heterocycles. The number of fused-ring (bicyclic) bond motifs is 1. The third kappa shape index (κ3) is 4.12. The van der Waals surface area contributed by atoms with Gasteiger partial charge in [0.25, 0.3) is 5.91 Å². The lowest BCUT2D eigenvalue weighted by molar-refractivity contribution is -0.136. The minimum Gasteiger partial charge on any atom is -0.367 e. The molecule has 2 aromatic rings. The second-order valence-corrected chi connectivity index (χ2v) is 10.5. The molecule has 10 heteroatoms. The van der Waals surface area contributed by atoms with Crippen LogP contribution in [0.2, 0.25) is 0 Å². The van der Waals surface area contributed by atoms with Crippen LogP contribution in [0.5, 0.6) is 0 Å². The monoisotopic (exact) mass is 488 g/mol. The summed E-state index contributed by atoms with van der Waals surface area (Å²) in [4.78, 5) is 50.5. The summed E-state index contributed by atoms with van der Waals surface area (Å²) in [7, 11) is 0. The Morgan fingerprint density at radius 2 is 2.06 bits per heavy atom. The maximum atomic E-state index is 13.6. The smallest absolute Gasteiger partial charge is 0.261 e. The zero-order valence-corrected chi connectivity index (χ0v) is 19.6. The third-order valence-electron chi connectivity index (χ3n) is 6.95. The Morgan fingerprint density at radius 1 is 1.24 bits per heavy atom. The van der Waals surface area contributed by atoms with E-state index in [0.717, 1.165) is 29.8 Å². The molecular weight excluding hydrogens is 464 g/mol. The number of ether oxygens (including phenoxy) is 1. The van der Waals surface area contributed by atoms with Crippen molar-refractivity contribution < 1.29 is 19.1 Å². The van der Waals surface area contributed by atoms with Gasteiger partial charge in [-0.3, -0.25) is 19.3 Å². The molecule has 1 amide bonds. The molecule has 33 heavy (non-hydrogen) atoms. The largest absolute Gasteiger partial charge is 0.367 e. The first-order valence-electron chi connectivity index (χ1n) is 11.2. The normalized spacial score (nSPS) is 26.8. The summed E-state index contributed by atoms with van der Waals surface area (Å²) in [5, 5.41) is 2.48. The van der Waals surface area contributed by atoms with Crippen LogP contribution in [0.1, 0.15) is 41.8 Å². The zero-order valence-electron chi connectivity index (χ0n) is 18.0. The van der Waals surface area contributed by atoms with E-state index in [1.165, 1.54) is 17.7 Å². The number of amides is 1. The number of thiophene rings is 1. The summed E-state index contributed by atoms with van der Waals surface area (Å²) in [6.07, 6.45) is 6.94. The Balaban J connectivity index is 1.30. The van der Waals surface area contributed by atoms with Gasteiger partial charge in [0.15, 0.2) is 11.6 Å². The molecule has 174 valence electrons. The number of carbonyl (C=O) groups is 3. The zero-order chi connectivity index (χ0) is 23.0. The van der Waals surface area contributed by atoms with Crippen molar-refractivity contribution in [2.24, 2.45) is 0 Å². The van der Waals surface area contributed by atoms with E-state index >= 15 is 0 Å². The van der Waals surface area contributed by atoms with Gasteiger partial charge in [-0.15, -0.1) is 22.9 Å². The van der Waals surface area contributed by atoms with E-state index in [0.29, 0.717) is 24.3 Å². The van der Waals surface area contributed by atoms with Gasteiger partial charge in [-0.2, -0.15) is 0 Å². The molecule has 8 nitrogen and oxygen atoms in total. The van der Waals surface area contributed by atoms with Crippen LogP contribution in [0.25, 0.3) is 10.6 Å². The van der Waals surface area contributed by atoms with Gasteiger partial charge in [0.1, 0.15) is 19.0 Å². The fourth-order valence-corrected chi connectivity index (χ4v) is 6.61. The highest BCUT2D eigenvalue weighted by Gasteiger charge is 2.58. The van der Waals surface area contributed by atoms with E-state index in [1.54, 1.807) is 18.3 Å². The lowest BCUT2D eigenvalue weighted by Gasteiger charge is -2.45. The number of nitrogens with zero attached hydrogens (tertiary/aromatic N) is 3. The van der Waals surface area contributed by atoms with E-state index in [9.17, 15) is 14.4 Å². The van der Waals surface area contributed by atoms with Gasteiger partial charge >= 0.3 is 0 Å². The molecule has 3 atom stereocenters. The number of alkyl halides is 1. The second kappa shape index (κ2) is 9.21. The molecule has 1 N–H and O–H groups in total. The molecule has 0 aromatic carbocycles. The molecule has 2 saturated heterocycles. The molecule has 0 unspecified atom stereocenters. The van der Waals surface area contributed by atoms with Crippen molar-refractivity contribution in [2.75, 3.05) is 19.7 Å². The van der Waals surface area contributed by atoms with E-state index in [4.69, 9.17) is 16.3 Å². The lowest BCUT2D eigenvalue weighted by atomic mass is 9.76. The Kier molecular flexibility index (Phi) is 6.30. The third-order valence-corrected chi connectivity index (χ3v) is 8.44. The fourth-order valence-electron chi connectivity index (χ4n) is 5.35. The molecule has 0 spiro atoms. The number of rotatable bonds is 6. The van der Waals surface area contributed by atoms with Crippen LogP contribution in [0.3, 0.4) is 0 Å². The minimum absolute atomic E-state index is 0.0132. The Bertz CT molecular complexity index is 1060. The number of aromatic nitrogens is 2. The molecule has 3 aliphatic rings. The second-order valence-electron chi connectivity index (χ2n) is 8.81. The fraction of sp³-hybridized carbons (Fsp3) is 0.522. The number of likely N-dealkylation sites (tertiary alicyclic amines) is 1. The van der Waals surface area contributed by atoms with Gasteiger partial charge in [-0.05, 0) is 31.0 Å². The van der Waals surface area contributed by atoms with Crippen molar-refractivity contribution in [1.29, 1.82) is 0 Å². The van der Waals surface area contributed by atoms with Crippen LogP contribution in [0, 0.1) is 0 Å². The molecule has 1 saturated carbocycles. The predicted octanol–water partition coefficient (Wildman–Crippen LogP) is 2.47. The molecule has 5 rings (SSSR count). The maximum absolute atomic E-state index is 13.6. The summed E-state index contributed by atoms with van der Waals surface area (Å²) in [5.74, 6) is -0.373. The van der Waals surface area contributed by atoms with Gasteiger partial charge in [0.05, 0.1) is 39.0 Å². The van der Waals surface area contributed by atoms with Crippen molar-refractivity contribution >= 4 is 40.4 Å². The van der Waals surface area contributed by atoms with Crippen LogP contribution in [-0.4, -0.2) is 75.1 Å². The SMILES string of the molecule is O=C(NCC(=O)C1(N2C[C@H](Cl)[C@H]3OCC(=O)[C@H]32)CCCCC1)c1ccc(-c2ccncn2)s1. The standard InChI is InChI=1S/C23H25ClN4O4S/c24-14-11-28(20-16(29)12-32-21(14)20)23(7-2-1-3-8-23)19(30)10-26-22(31)18-5-4-17(33-18)15-6-9-25-13-27-15/h4-6,9,13-14,20-21H,1-3,7-8,10-12H2,(H,26,31)/t14-,20+,21+/m0/s1. The van der Waals surface area contributed by atoms with Crippen molar-refractivity contribution in [3.63, 3.8) is 0 Å². The van der Waals surface area contributed by atoms with Crippen LogP contribution >= 0.6 is 22.9 Å². The highest BCUT2D eigenvalue weighted by molar-refractivity contribution is 7.17. The number of carbonyl (C=O) groups excluding carboxylic acids is 3. The Hall–Kier alpha value is -2.20. The number of hydrogen-bond acceptors (Lipinski definition) is 8. The highest BCUT2D eigenvalue weighted by atomic mass is 35.5. The van der Waals surface area contributed by atoms with Gasteiger partial charge in [-0.25, -0.2) is 9.97 Å². The summed E-state index contributed by atoms with van der Waals surface area (Å²) in [5.41, 5.74) is -0.0443. The quantitative estimate of drug-likeness (QED) is 0.623. The molecule has 2 aromatic heterocycles. The minimum atomic E-state index is -0.789. The van der Waals surface area contributed by atoms with Gasteiger partial charge < -0.3 is 10.1 Å². The molecule has 0 radical (unpaired) electrons. The highest BCUT2D eigenvalue weighted by Crippen LogP contribution is 2.42. The number of ketones is 2. The molecular formula is C23H25ClN4O4S. The van der Waals surface area contributed by atoms with Crippen LogP contribution in [-0.2, 0) is 14.3 Å². The number of halogens is 1.